The van der Waals surface area contributed by atoms with Gasteiger partial charge < -0.3 is 4.74 Å². The first-order valence-corrected chi connectivity index (χ1v) is 7.36. The minimum atomic E-state index is -0.949. The van der Waals surface area contributed by atoms with Gasteiger partial charge in [-0.15, -0.1) is 0 Å². The third-order valence-corrected chi connectivity index (χ3v) is 3.73. The highest BCUT2D eigenvalue weighted by Gasteiger charge is 2.41. The average Bonchev–Trinajstić information content (AvgIpc) is 2.83. The van der Waals surface area contributed by atoms with Crippen LogP contribution in [0.1, 0.15) is 23.7 Å². The number of ketones is 1. The summed E-state index contributed by atoms with van der Waals surface area (Å²) in [5.41, 5.74) is 0.886. The fourth-order valence-corrected chi connectivity index (χ4v) is 2.49. The first-order valence-electron chi connectivity index (χ1n) is 7.36. The van der Waals surface area contributed by atoms with Gasteiger partial charge in [0.1, 0.15) is 11.6 Å². The van der Waals surface area contributed by atoms with Crippen LogP contribution in [0, 0.1) is 5.82 Å². The molecule has 2 aromatic carbocycles. The molecule has 6 heteroatoms. The third-order valence-electron chi connectivity index (χ3n) is 3.73. The molecule has 1 heterocycles. The van der Waals surface area contributed by atoms with E-state index in [0.717, 1.165) is 4.90 Å². The minimum absolute atomic E-state index is 0.0926. The van der Waals surface area contributed by atoms with Crippen LogP contribution in [0.4, 0.5) is 10.1 Å². The summed E-state index contributed by atoms with van der Waals surface area (Å²) in [7, 11) is 0. The Morgan fingerprint density at radius 3 is 2.29 bits per heavy atom. The molecule has 2 aromatic rings. The molecule has 0 bridgehead atoms. The summed E-state index contributed by atoms with van der Waals surface area (Å²) in [6, 6.07) is 11.5. The lowest BCUT2D eigenvalue weighted by Gasteiger charge is -2.16. The predicted octanol–water partition coefficient (Wildman–Crippen LogP) is 2.74. The molecule has 122 valence electrons. The van der Waals surface area contributed by atoms with Crippen LogP contribution in [0.25, 0.3) is 0 Å². The van der Waals surface area contributed by atoms with Crippen LogP contribution < -0.4 is 9.64 Å². The lowest BCUT2D eigenvalue weighted by atomic mass is 10.1. The van der Waals surface area contributed by atoms with Crippen LogP contribution in [0.3, 0.4) is 0 Å². The van der Waals surface area contributed by atoms with Crippen molar-refractivity contribution in [2.75, 3.05) is 4.90 Å². The second-order valence-corrected chi connectivity index (χ2v) is 5.43. The lowest BCUT2D eigenvalue weighted by Crippen LogP contribution is -2.33. The number of hydrogen-bond acceptors (Lipinski definition) is 4. The summed E-state index contributed by atoms with van der Waals surface area (Å²) in [6.07, 6.45) is -1.04. The number of amides is 2. The number of nitrogens with zero attached hydrogens (tertiary/aromatic N) is 1. The van der Waals surface area contributed by atoms with E-state index >= 15 is 0 Å². The van der Waals surface area contributed by atoms with Crippen molar-refractivity contribution in [3.63, 3.8) is 0 Å². The number of benzene rings is 2. The Bertz CT molecular complexity index is 799. The number of rotatable bonds is 4. The smallest absolute Gasteiger partial charge is 0.275 e. The van der Waals surface area contributed by atoms with E-state index in [1.807, 2.05) is 0 Å². The molecule has 0 spiro atoms. The van der Waals surface area contributed by atoms with Crippen molar-refractivity contribution in [1.82, 2.24) is 0 Å². The molecule has 1 atom stereocenters. The topological polar surface area (TPSA) is 63.7 Å². The van der Waals surface area contributed by atoms with Crippen molar-refractivity contribution in [2.45, 2.75) is 19.4 Å². The van der Waals surface area contributed by atoms with E-state index in [4.69, 9.17) is 4.74 Å². The average molecular weight is 327 g/mol. The van der Waals surface area contributed by atoms with Gasteiger partial charge in [0, 0.05) is 5.56 Å². The zero-order chi connectivity index (χ0) is 17.3. The van der Waals surface area contributed by atoms with Crippen molar-refractivity contribution in [2.24, 2.45) is 0 Å². The summed E-state index contributed by atoms with van der Waals surface area (Å²) < 4.78 is 18.4. The summed E-state index contributed by atoms with van der Waals surface area (Å²) in [5, 5.41) is 0. The van der Waals surface area contributed by atoms with Crippen molar-refractivity contribution in [3.05, 3.63) is 59.9 Å². The standard InChI is InChI=1S/C18H14FNO4/c1-11(21)12-2-6-14(7-3-12)20-17(22)10-16(18(20)23)24-15-8-4-13(19)5-9-15/h2-9,16H,10H2,1H3. The van der Waals surface area contributed by atoms with E-state index in [1.165, 1.54) is 31.2 Å². The molecule has 1 saturated heterocycles. The van der Waals surface area contributed by atoms with Crippen molar-refractivity contribution in [3.8, 4) is 5.75 Å². The largest absolute Gasteiger partial charge is 0.480 e. The highest BCUT2D eigenvalue weighted by molar-refractivity contribution is 6.22. The Hall–Kier alpha value is -3.02. The number of carbonyl (C=O) groups excluding carboxylic acids is 3. The number of ether oxygens (including phenoxy) is 1. The number of Topliss-reactive ketones (excluding diaryl/α,β-unsaturated/α-hetero) is 1. The van der Waals surface area contributed by atoms with Crippen molar-refractivity contribution < 1.29 is 23.5 Å². The minimum Gasteiger partial charge on any atom is -0.480 e. The number of carbonyl (C=O) groups is 3. The fraction of sp³-hybridized carbons (Fsp3) is 0.167. The van der Waals surface area contributed by atoms with Crippen molar-refractivity contribution >= 4 is 23.3 Å². The molecule has 0 saturated carbocycles. The van der Waals surface area contributed by atoms with Crippen LogP contribution >= 0.6 is 0 Å². The molecule has 0 N–H and O–H groups in total. The van der Waals surface area contributed by atoms with Crippen LogP contribution in [0.15, 0.2) is 48.5 Å². The maximum atomic E-state index is 12.9. The number of hydrogen-bond donors (Lipinski definition) is 0. The number of halogens is 1. The van der Waals surface area contributed by atoms with Gasteiger partial charge in [0.15, 0.2) is 11.9 Å². The summed E-state index contributed by atoms with van der Waals surface area (Å²) in [5.74, 6) is -1.07. The van der Waals surface area contributed by atoms with E-state index in [0.29, 0.717) is 17.0 Å². The molecule has 1 aliphatic heterocycles. The Morgan fingerprint density at radius 1 is 1.08 bits per heavy atom. The third kappa shape index (κ3) is 3.03. The summed E-state index contributed by atoms with van der Waals surface area (Å²) in [6.45, 7) is 1.44. The van der Waals surface area contributed by atoms with Crippen LogP contribution in [0.5, 0.6) is 5.75 Å². The molecular formula is C18H14FNO4. The quantitative estimate of drug-likeness (QED) is 0.640. The van der Waals surface area contributed by atoms with Crippen molar-refractivity contribution in [1.29, 1.82) is 0 Å². The van der Waals surface area contributed by atoms with Crippen LogP contribution in [0.2, 0.25) is 0 Å². The second kappa shape index (κ2) is 6.23. The molecule has 1 fully saturated rings. The van der Waals surface area contributed by atoms with Gasteiger partial charge in [-0.05, 0) is 55.5 Å². The van der Waals surface area contributed by atoms with Gasteiger partial charge in [-0.2, -0.15) is 0 Å². The van der Waals surface area contributed by atoms with Gasteiger partial charge in [0.25, 0.3) is 5.91 Å². The Balaban J connectivity index is 1.78. The Labute approximate surface area is 137 Å². The molecule has 5 nitrogen and oxygen atoms in total. The zero-order valence-corrected chi connectivity index (χ0v) is 12.9. The molecule has 3 rings (SSSR count). The van der Waals surface area contributed by atoms with Gasteiger partial charge in [-0.25, -0.2) is 9.29 Å². The molecule has 24 heavy (non-hydrogen) atoms. The van der Waals surface area contributed by atoms with Gasteiger partial charge in [0.05, 0.1) is 12.1 Å². The zero-order valence-electron chi connectivity index (χ0n) is 12.9. The molecule has 1 aliphatic rings. The molecule has 2 amide bonds. The monoisotopic (exact) mass is 327 g/mol. The van der Waals surface area contributed by atoms with E-state index < -0.39 is 17.8 Å². The summed E-state index contributed by atoms with van der Waals surface area (Å²) >= 11 is 0. The normalized spacial score (nSPS) is 17.2. The highest BCUT2D eigenvalue weighted by Crippen LogP contribution is 2.26. The maximum absolute atomic E-state index is 12.9. The molecule has 0 aromatic heterocycles. The number of anilines is 1. The van der Waals surface area contributed by atoms with Gasteiger partial charge >= 0.3 is 0 Å². The van der Waals surface area contributed by atoms with Crippen LogP contribution in [-0.2, 0) is 9.59 Å². The Kier molecular flexibility index (Phi) is 4.12. The van der Waals surface area contributed by atoms with Crippen LogP contribution in [-0.4, -0.2) is 23.7 Å². The summed E-state index contributed by atoms with van der Waals surface area (Å²) in [4.78, 5) is 36.9. The first-order chi connectivity index (χ1) is 11.5. The second-order valence-electron chi connectivity index (χ2n) is 5.43. The Morgan fingerprint density at radius 2 is 1.71 bits per heavy atom. The van der Waals surface area contributed by atoms with E-state index in [9.17, 15) is 18.8 Å². The SMILES string of the molecule is CC(=O)c1ccc(N2C(=O)CC(Oc3ccc(F)cc3)C2=O)cc1. The first kappa shape index (κ1) is 15.9. The highest BCUT2D eigenvalue weighted by atomic mass is 19.1. The van der Waals surface area contributed by atoms with Gasteiger partial charge in [-0.3, -0.25) is 14.4 Å². The molecule has 1 unspecified atom stereocenters. The van der Waals surface area contributed by atoms with Gasteiger partial charge in [-0.1, -0.05) is 0 Å². The molecular weight excluding hydrogens is 313 g/mol. The fourth-order valence-electron chi connectivity index (χ4n) is 2.49. The van der Waals surface area contributed by atoms with E-state index in [-0.39, 0.29) is 18.1 Å². The van der Waals surface area contributed by atoms with E-state index in [1.54, 1.807) is 24.3 Å². The predicted molar refractivity (Wildman–Crippen MR) is 84.4 cm³/mol. The number of imide groups is 1. The maximum Gasteiger partial charge on any atom is 0.275 e. The van der Waals surface area contributed by atoms with E-state index in [2.05, 4.69) is 0 Å². The molecule has 0 radical (unpaired) electrons. The van der Waals surface area contributed by atoms with Gasteiger partial charge in [0.2, 0.25) is 5.91 Å². The lowest BCUT2D eigenvalue weighted by molar-refractivity contribution is -0.123. The molecule has 0 aliphatic carbocycles.